The molecule has 108 valence electrons. The van der Waals surface area contributed by atoms with Crippen molar-refractivity contribution in [3.63, 3.8) is 0 Å². The van der Waals surface area contributed by atoms with Crippen molar-refractivity contribution in [2.24, 2.45) is 0 Å². The first-order chi connectivity index (χ1) is 10.1. The number of aldehydes is 1. The largest absolute Gasteiger partial charge is 0.465 e. The third-order valence-electron chi connectivity index (χ3n) is 3.37. The van der Waals surface area contributed by atoms with Crippen molar-refractivity contribution in [3.8, 4) is 11.1 Å². The van der Waals surface area contributed by atoms with Gasteiger partial charge >= 0.3 is 5.97 Å². The van der Waals surface area contributed by atoms with Crippen molar-refractivity contribution < 1.29 is 14.3 Å². The van der Waals surface area contributed by atoms with Gasteiger partial charge in [-0.2, -0.15) is 0 Å². The molecule has 0 unspecified atom stereocenters. The highest BCUT2D eigenvalue weighted by Gasteiger charge is 2.18. The number of hydrogen-bond donors (Lipinski definition) is 1. The molecule has 0 spiro atoms. The second-order valence-corrected chi connectivity index (χ2v) is 5.07. The van der Waals surface area contributed by atoms with E-state index in [2.05, 4.69) is 12.6 Å². The van der Waals surface area contributed by atoms with E-state index >= 15 is 0 Å². The first-order valence-corrected chi connectivity index (χ1v) is 7.05. The van der Waals surface area contributed by atoms with E-state index in [-0.39, 0.29) is 0 Å². The SMILES string of the molecule is CCc1ccc(-c2c(S)cccc2C(=O)OC)c(C=O)c1. The molecule has 2 aromatic carbocycles. The van der Waals surface area contributed by atoms with Crippen LogP contribution in [-0.2, 0) is 11.2 Å². The van der Waals surface area contributed by atoms with E-state index in [0.717, 1.165) is 18.3 Å². The second kappa shape index (κ2) is 6.59. The molecule has 3 nitrogen and oxygen atoms in total. The normalized spacial score (nSPS) is 10.2. The molecule has 0 saturated heterocycles. The van der Waals surface area contributed by atoms with Crippen molar-refractivity contribution in [2.45, 2.75) is 18.2 Å². The quantitative estimate of drug-likeness (QED) is 0.530. The molecular weight excluding hydrogens is 284 g/mol. The van der Waals surface area contributed by atoms with E-state index in [4.69, 9.17) is 4.74 Å². The summed E-state index contributed by atoms with van der Waals surface area (Å²) in [5.74, 6) is -0.447. The van der Waals surface area contributed by atoms with Gasteiger partial charge in [-0.1, -0.05) is 25.1 Å². The summed E-state index contributed by atoms with van der Waals surface area (Å²) in [4.78, 5) is 24.0. The van der Waals surface area contributed by atoms with Crippen LogP contribution in [0.3, 0.4) is 0 Å². The number of rotatable bonds is 4. The summed E-state index contributed by atoms with van der Waals surface area (Å²) in [5.41, 5.74) is 3.32. The molecule has 0 bridgehead atoms. The molecule has 0 aliphatic carbocycles. The van der Waals surface area contributed by atoms with Gasteiger partial charge in [-0.25, -0.2) is 4.79 Å². The molecular formula is C17H16O3S. The smallest absolute Gasteiger partial charge is 0.338 e. The van der Waals surface area contributed by atoms with Crippen LogP contribution >= 0.6 is 12.6 Å². The Hall–Kier alpha value is -2.07. The molecule has 0 fully saturated rings. The predicted octanol–water partition coefficient (Wildman–Crippen LogP) is 3.80. The standard InChI is InChI=1S/C17H16O3S/c1-3-11-7-8-13(12(9-11)10-18)16-14(17(19)20-2)5-4-6-15(16)21/h4-10,21H,3H2,1-2H3. The summed E-state index contributed by atoms with van der Waals surface area (Å²) >= 11 is 4.42. The van der Waals surface area contributed by atoms with Crippen molar-refractivity contribution in [1.82, 2.24) is 0 Å². The van der Waals surface area contributed by atoms with E-state index < -0.39 is 5.97 Å². The van der Waals surface area contributed by atoms with Crippen LogP contribution in [0, 0.1) is 0 Å². The number of ether oxygens (including phenoxy) is 1. The Kier molecular flexibility index (Phi) is 4.81. The molecule has 0 aliphatic rings. The maximum absolute atomic E-state index is 11.9. The van der Waals surface area contributed by atoms with Gasteiger partial charge in [0.15, 0.2) is 6.29 Å². The van der Waals surface area contributed by atoms with Crippen molar-refractivity contribution >= 4 is 24.9 Å². The number of hydrogen-bond acceptors (Lipinski definition) is 4. The minimum absolute atomic E-state index is 0.400. The molecule has 0 N–H and O–H groups in total. The second-order valence-electron chi connectivity index (χ2n) is 4.58. The number of methoxy groups -OCH3 is 1. The van der Waals surface area contributed by atoms with Crippen LogP contribution < -0.4 is 0 Å². The monoisotopic (exact) mass is 300 g/mol. The molecule has 0 amide bonds. The van der Waals surface area contributed by atoms with Gasteiger partial charge in [0, 0.05) is 16.0 Å². The third kappa shape index (κ3) is 3.00. The van der Waals surface area contributed by atoms with Gasteiger partial charge in [0.25, 0.3) is 0 Å². The molecule has 21 heavy (non-hydrogen) atoms. The Labute approximate surface area is 129 Å². The van der Waals surface area contributed by atoms with Gasteiger partial charge in [0.2, 0.25) is 0 Å². The molecule has 4 heteroatoms. The zero-order valence-corrected chi connectivity index (χ0v) is 12.8. The minimum atomic E-state index is -0.447. The highest BCUT2D eigenvalue weighted by atomic mass is 32.1. The van der Waals surface area contributed by atoms with Crippen LogP contribution in [0.1, 0.15) is 33.2 Å². The predicted molar refractivity (Wildman–Crippen MR) is 85.2 cm³/mol. The molecule has 0 aliphatic heterocycles. The maximum Gasteiger partial charge on any atom is 0.338 e. The van der Waals surface area contributed by atoms with Crippen LogP contribution in [0.2, 0.25) is 0 Å². The van der Waals surface area contributed by atoms with E-state index in [0.29, 0.717) is 27.1 Å². The molecule has 0 saturated carbocycles. The summed E-state index contributed by atoms with van der Waals surface area (Å²) < 4.78 is 4.81. The van der Waals surface area contributed by atoms with Crippen LogP contribution in [0.25, 0.3) is 11.1 Å². The lowest BCUT2D eigenvalue weighted by molar-refractivity contribution is 0.0601. The van der Waals surface area contributed by atoms with Gasteiger partial charge in [0.05, 0.1) is 12.7 Å². The lowest BCUT2D eigenvalue weighted by Gasteiger charge is -2.13. The summed E-state index contributed by atoms with van der Waals surface area (Å²) in [5, 5.41) is 0. The van der Waals surface area contributed by atoms with E-state index in [1.807, 2.05) is 25.1 Å². The average Bonchev–Trinajstić information content (AvgIpc) is 2.53. The Morgan fingerprint density at radius 3 is 2.67 bits per heavy atom. The van der Waals surface area contributed by atoms with Crippen LogP contribution in [0.5, 0.6) is 0 Å². The molecule has 0 aromatic heterocycles. The van der Waals surface area contributed by atoms with Gasteiger partial charge < -0.3 is 4.74 Å². The Morgan fingerprint density at radius 1 is 1.29 bits per heavy atom. The molecule has 2 rings (SSSR count). The summed E-state index contributed by atoms with van der Waals surface area (Å²) in [6.45, 7) is 2.02. The van der Waals surface area contributed by atoms with Gasteiger partial charge in [0.1, 0.15) is 0 Å². The fraction of sp³-hybridized carbons (Fsp3) is 0.176. The van der Waals surface area contributed by atoms with Gasteiger partial charge in [-0.05, 0) is 35.7 Å². The number of aryl methyl sites for hydroxylation is 1. The highest BCUT2D eigenvalue weighted by molar-refractivity contribution is 7.80. The van der Waals surface area contributed by atoms with Crippen molar-refractivity contribution in [1.29, 1.82) is 0 Å². The maximum atomic E-state index is 11.9. The summed E-state index contributed by atoms with van der Waals surface area (Å²) in [6, 6.07) is 10.8. The number of thiol groups is 1. The first kappa shape index (κ1) is 15.3. The third-order valence-corrected chi connectivity index (χ3v) is 3.74. The van der Waals surface area contributed by atoms with Crippen molar-refractivity contribution in [3.05, 3.63) is 53.1 Å². The van der Waals surface area contributed by atoms with Crippen molar-refractivity contribution in [2.75, 3.05) is 7.11 Å². The highest BCUT2D eigenvalue weighted by Crippen LogP contribution is 2.33. The van der Waals surface area contributed by atoms with Crippen LogP contribution in [0.4, 0.5) is 0 Å². The van der Waals surface area contributed by atoms with E-state index in [1.54, 1.807) is 18.2 Å². The first-order valence-electron chi connectivity index (χ1n) is 6.61. The van der Waals surface area contributed by atoms with Gasteiger partial charge in [-0.15, -0.1) is 12.6 Å². The topological polar surface area (TPSA) is 43.4 Å². The number of benzene rings is 2. The summed E-state index contributed by atoms with van der Waals surface area (Å²) in [6.07, 6.45) is 1.64. The van der Waals surface area contributed by atoms with E-state index in [9.17, 15) is 9.59 Å². The molecule has 0 radical (unpaired) electrons. The number of carbonyl (C=O) groups is 2. The Bertz CT molecular complexity index is 692. The summed E-state index contributed by atoms with van der Waals surface area (Å²) in [7, 11) is 1.33. The van der Waals surface area contributed by atoms with Gasteiger partial charge in [-0.3, -0.25) is 4.79 Å². The Balaban J connectivity index is 2.72. The lowest BCUT2D eigenvalue weighted by Crippen LogP contribution is -2.05. The number of esters is 1. The zero-order chi connectivity index (χ0) is 15.4. The molecule has 0 heterocycles. The zero-order valence-electron chi connectivity index (χ0n) is 11.9. The minimum Gasteiger partial charge on any atom is -0.465 e. The van der Waals surface area contributed by atoms with Crippen LogP contribution in [-0.4, -0.2) is 19.4 Å². The fourth-order valence-electron chi connectivity index (χ4n) is 2.26. The molecule has 0 atom stereocenters. The molecule has 2 aromatic rings. The average molecular weight is 300 g/mol. The van der Waals surface area contributed by atoms with E-state index in [1.165, 1.54) is 7.11 Å². The number of carbonyl (C=O) groups excluding carboxylic acids is 2. The Morgan fingerprint density at radius 2 is 2.05 bits per heavy atom. The van der Waals surface area contributed by atoms with Crippen LogP contribution in [0.15, 0.2) is 41.3 Å². The lowest BCUT2D eigenvalue weighted by atomic mass is 9.94. The fourth-order valence-corrected chi connectivity index (χ4v) is 2.59.